The first-order chi connectivity index (χ1) is 16.0. The summed E-state index contributed by atoms with van der Waals surface area (Å²) in [7, 11) is 0. The molecule has 2 aromatic rings. The zero-order chi connectivity index (χ0) is 26.5. The van der Waals surface area contributed by atoms with Gasteiger partial charge in [0.15, 0.2) is 6.10 Å². The number of aliphatic carboxylic acids is 1. The van der Waals surface area contributed by atoms with Crippen LogP contribution in [0.25, 0.3) is 11.1 Å². The first-order valence-electron chi connectivity index (χ1n) is 12.1. The molecule has 0 aliphatic carbocycles. The lowest BCUT2D eigenvalue weighted by Crippen LogP contribution is -2.29. The third kappa shape index (κ3) is 5.90. The summed E-state index contributed by atoms with van der Waals surface area (Å²) in [6.07, 6.45) is -0.691. The number of amides is 1. The van der Waals surface area contributed by atoms with Gasteiger partial charge in [0.05, 0.1) is 5.60 Å². The molecule has 0 aromatic heterocycles. The molecule has 1 atom stereocenters. The number of rotatable bonds is 5. The number of carbonyl (C=O) groups is 2. The Balaban J connectivity index is 2.27. The van der Waals surface area contributed by atoms with Gasteiger partial charge in [-0.2, -0.15) is 0 Å². The fourth-order valence-corrected chi connectivity index (χ4v) is 5.16. The van der Waals surface area contributed by atoms with E-state index in [1.54, 1.807) is 0 Å². The second-order valence-electron chi connectivity index (χ2n) is 11.9. The van der Waals surface area contributed by atoms with Crippen LogP contribution in [0, 0.1) is 26.2 Å². The van der Waals surface area contributed by atoms with Crippen molar-refractivity contribution in [2.24, 2.45) is 5.41 Å². The van der Waals surface area contributed by atoms with Crippen molar-refractivity contribution in [2.75, 3.05) is 0 Å². The topological polar surface area (TPSA) is 66.8 Å². The molecule has 1 aliphatic heterocycles. The number of carboxylic acid groups (broad SMARTS) is 1. The zero-order valence-electron chi connectivity index (χ0n) is 22.4. The van der Waals surface area contributed by atoms with Gasteiger partial charge in [-0.3, -0.25) is 4.79 Å². The summed E-state index contributed by atoms with van der Waals surface area (Å²) in [6, 6.07) is 5.67. The summed E-state index contributed by atoms with van der Waals surface area (Å²) in [4.78, 5) is 27.6. The van der Waals surface area contributed by atoms with Gasteiger partial charge in [-0.05, 0) is 98.0 Å². The van der Waals surface area contributed by atoms with E-state index >= 15 is 0 Å². The SMILES string of the molecule is Cc1cc(Cl)ccc1-c1c(C)c2c(c(C)c1[C@H](OC(C)(C)C)C(=O)O)CN(C(=O)CC(C)(C)C)C2. The Bertz CT molecular complexity index is 1170. The fourth-order valence-electron chi connectivity index (χ4n) is 4.93. The molecule has 0 fully saturated rings. The van der Waals surface area contributed by atoms with E-state index in [2.05, 4.69) is 20.8 Å². The average molecular weight is 500 g/mol. The van der Waals surface area contributed by atoms with E-state index in [-0.39, 0.29) is 11.3 Å². The lowest BCUT2D eigenvalue weighted by atomic mass is 9.82. The molecular formula is C29H38ClNO4. The number of hydrogen-bond donors (Lipinski definition) is 1. The first-order valence-corrected chi connectivity index (χ1v) is 12.5. The molecule has 1 aliphatic rings. The highest BCUT2D eigenvalue weighted by Gasteiger charge is 2.37. The number of fused-ring (bicyclic) bond motifs is 1. The van der Waals surface area contributed by atoms with Crippen LogP contribution in [0.2, 0.25) is 5.02 Å². The normalized spacial score (nSPS) is 14.7. The lowest BCUT2D eigenvalue weighted by Gasteiger charge is -2.30. The van der Waals surface area contributed by atoms with Crippen LogP contribution >= 0.6 is 11.6 Å². The number of carbonyl (C=O) groups excluding carboxylic acids is 1. The third-order valence-corrected chi connectivity index (χ3v) is 6.70. The number of aryl methyl sites for hydroxylation is 1. The number of benzene rings is 2. The molecule has 0 saturated carbocycles. The number of hydrogen-bond acceptors (Lipinski definition) is 3. The summed E-state index contributed by atoms with van der Waals surface area (Å²) in [5.74, 6) is -0.923. The average Bonchev–Trinajstić information content (AvgIpc) is 3.14. The van der Waals surface area contributed by atoms with Crippen LogP contribution in [0.5, 0.6) is 0 Å². The van der Waals surface area contributed by atoms with Crippen molar-refractivity contribution < 1.29 is 19.4 Å². The Labute approximate surface area is 214 Å². The van der Waals surface area contributed by atoms with E-state index in [4.69, 9.17) is 16.3 Å². The molecule has 1 N–H and O–H groups in total. The maximum absolute atomic E-state index is 13.1. The van der Waals surface area contributed by atoms with Crippen LogP contribution in [-0.4, -0.2) is 27.5 Å². The first kappa shape index (κ1) is 27.2. The van der Waals surface area contributed by atoms with Crippen molar-refractivity contribution in [1.29, 1.82) is 0 Å². The van der Waals surface area contributed by atoms with Gasteiger partial charge < -0.3 is 14.7 Å². The highest BCUT2D eigenvalue weighted by molar-refractivity contribution is 6.30. The molecule has 190 valence electrons. The smallest absolute Gasteiger partial charge is 0.337 e. The molecule has 3 rings (SSSR count). The van der Waals surface area contributed by atoms with E-state index in [1.165, 1.54) is 0 Å². The monoisotopic (exact) mass is 499 g/mol. The van der Waals surface area contributed by atoms with Gasteiger partial charge in [-0.25, -0.2) is 4.79 Å². The van der Waals surface area contributed by atoms with E-state index < -0.39 is 17.7 Å². The minimum atomic E-state index is -1.15. The zero-order valence-corrected chi connectivity index (χ0v) is 23.2. The minimum absolute atomic E-state index is 0.109. The van der Waals surface area contributed by atoms with Crippen LogP contribution in [0.15, 0.2) is 18.2 Å². The fraction of sp³-hybridized carbons (Fsp3) is 0.517. The molecule has 2 aromatic carbocycles. The maximum atomic E-state index is 13.1. The Morgan fingerprint density at radius 2 is 1.60 bits per heavy atom. The van der Waals surface area contributed by atoms with Gasteiger partial charge in [0.1, 0.15) is 0 Å². The van der Waals surface area contributed by atoms with Crippen LogP contribution in [0.4, 0.5) is 0 Å². The van der Waals surface area contributed by atoms with Crippen LogP contribution in [0.3, 0.4) is 0 Å². The highest BCUT2D eigenvalue weighted by atomic mass is 35.5. The second-order valence-corrected chi connectivity index (χ2v) is 12.3. The van der Waals surface area contributed by atoms with Crippen molar-refractivity contribution in [3.8, 4) is 11.1 Å². The molecule has 0 saturated heterocycles. The van der Waals surface area contributed by atoms with Gasteiger partial charge in [0.2, 0.25) is 5.91 Å². The Morgan fingerprint density at radius 1 is 1.03 bits per heavy atom. The molecule has 0 bridgehead atoms. The molecule has 0 radical (unpaired) electrons. The van der Waals surface area contributed by atoms with E-state index in [9.17, 15) is 14.7 Å². The molecule has 1 heterocycles. The number of nitrogens with zero attached hydrogens (tertiary/aromatic N) is 1. The lowest BCUT2D eigenvalue weighted by molar-refractivity contribution is -0.160. The maximum Gasteiger partial charge on any atom is 0.337 e. The summed E-state index contributed by atoms with van der Waals surface area (Å²) in [5, 5.41) is 10.9. The van der Waals surface area contributed by atoms with Gasteiger partial charge in [-0.1, -0.05) is 38.4 Å². The van der Waals surface area contributed by atoms with Gasteiger partial charge in [0.25, 0.3) is 0 Å². The Morgan fingerprint density at radius 3 is 2.09 bits per heavy atom. The molecular weight excluding hydrogens is 462 g/mol. The van der Waals surface area contributed by atoms with Crippen molar-refractivity contribution >= 4 is 23.5 Å². The molecule has 1 amide bonds. The van der Waals surface area contributed by atoms with Gasteiger partial charge >= 0.3 is 5.97 Å². The second kappa shape index (κ2) is 9.59. The van der Waals surface area contributed by atoms with E-state index in [1.807, 2.05) is 64.6 Å². The van der Waals surface area contributed by atoms with Gasteiger partial charge in [0, 0.05) is 30.1 Å². The molecule has 6 heteroatoms. The highest BCUT2D eigenvalue weighted by Crippen LogP contribution is 2.45. The van der Waals surface area contributed by atoms with E-state index in [0.717, 1.165) is 38.9 Å². The van der Waals surface area contributed by atoms with Crippen LogP contribution in [0.1, 0.15) is 87.4 Å². The standard InChI is InChI=1S/C29H38ClNO4/c1-16-12-19(30)10-11-20(16)24-17(2)21-14-31(23(32)13-28(4,5)6)15-22(21)18(3)25(24)26(27(33)34)35-29(7,8)9/h10-12,26H,13-15H2,1-9H3,(H,33,34)/t26-/m0/s1. The van der Waals surface area contributed by atoms with Crippen LogP contribution in [-0.2, 0) is 27.4 Å². The predicted molar refractivity (Wildman–Crippen MR) is 141 cm³/mol. The molecule has 5 nitrogen and oxygen atoms in total. The minimum Gasteiger partial charge on any atom is -0.479 e. The number of ether oxygens (including phenoxy) is 1. The summed E-state index contributed by atoms with van der Waals surface area (Å²) < 4.78 is 6.14. The van der Waals surface area contributed by atoms with Crippen molar-refractivity contribution in [1.82, 2.24) is 4.90 Å². The quantitative estimate of drug-likeness (QED) is 0.474. The molecule has 0 unspecified atom stereocenters. The third-order valence-electron chi connectivity index (χ3n) is 6.47. The summed E-state index contributed by atoms with van der Waals surface area (Å²) in [6.45, 7) is 18.7. The van der Waals surface area contributed by atoms with Crippen molar-refractivity contribution in [2.45, 2.75) is 93.5 Å². The van der Waals surface area contributed by atoms with E-state index in [0.29, 0.717) is 30.1 Å². The molecule has 0 spiro atoms. The Hall–Kier alpha value is -2.37. The largest absolute Gasteiger partial charge is 0.479 e. The summed E-state index contributed by atoms with van der Waals surface area (Å²) in [5.41, 5.74) is 6.60. The number of carboxylic acids is 1. The van der Waals surface area contributed by atoms with Crippen LogP contribution < -0.4 is 0 Å². The van der Waals surface area contributed by atoms with Crippen molar-refractivity contribution in [3.05, 3.63) is 56.6 Å². The van der Waals surface area contributed by atoms with Gasteiger partial charge in [-0.15, -0.1) is 0 Å². The molecule has 35 heavy (non-hydrogen) atoms. The van der Waals surface area contributed by atoms with Crippen molar-refractivity contribution in [3.63, 3.8) is 0 Å². The Kier molecular flexibility index (Phi) is 7.46. The summed E-state index contributed by atoms with van der Waals surface area (Å²) >= 11 is 6.25. The predicted octanol–water partition coefficient (Wildman–Crippen LogP) is 7.15. The number of halogens is 1.